The van der Waals surface area contributed by atoms with Crippen LogP contribution in [0, 0.1) is 5.92 Å². The minimum atomic E-state index is -0.240. The second-order valence-corrected chi connectivity index (χ2v) is 3.65. The van der Waals surface area contributed by atoms with Gasteiger partial charge in [-0.3, -0.25) is 10.3 Å². The van der Waals surface area contributed by atoms with Crippen molar-refractivity contribution in [3.05, 3.63) is 18.6 Å². The van der Waals surface area contributed by atoms with Crippen molar-refractivity contribution in [2.75, 3.05) is 11.9 Å². The van der Waals surface area contributed by atoms with E-state index in [0.717, 1.165) is 6.42 Å². The first-order chi connectivity index (χ1) is 7.18. The Balaban J connectivity index is 2.25. The molecular weight excluding hydrogens is 192 g/mol. The van der Waals surface area contributed by atoms with Crippen LogP contribution >= 0.6 is 0 Å². The van der Waals surface area contributed by atoms with Gasteiger partial charge in [0.1, 0.15) is 0 Å². The Morgan fingerprint density at radius 3 is 2.87 bits per heavy atom. The molecule has 1 aromatic heterocycles. The van der Waals surface area contributed by atoms with Crippen LogP contribution in [0.5, 0.6) is 0 Å². The molecule has 0 aliphatic heterocycles. The van der Waals surface area contributed by atoms with Crippen molar-refractivity contribution in [2.24, 2.45) is 5.92 Å². The Hall–Kier alpha value is -1.65. The van der Waals surface area contributed by atoms with E-state index < -0.39 is 0 Å². The van der Waals surface area contributed by atoms with Crippen molar-refractivity contribution in [1.82, 2.24) is 15.3 Å². The van der Waals surface area contributed by atoms with Gasteiger partial charge >= 0.3 is 6.03 Å². The van der Waals surface area contributed by atoms with Crippen LogP contribution < -0.4 is 10.6 Å². The smallest absolute Gasteiger partial charge is 0.320 e. The molecule has 0 saturated heterocycles. The highest BCUT2D eigenvalue weighted by Gasteiger charge is 2.01. The summed E-state index contributed by atoms with van der Waals surface area (Å²) in [5.41, 5.74) is 0. The number of hydrogen-bond donors (Lipinski definition) is 2. The summed E-state index contributed by atoms with van der Waals surface area (Å²) < 4.78 is 0. The number of carbonyl (C=O) groups is 1. The second kappa shape index (κ2) is 5.95. The van der Waals surface area contributed by atoms with Gasteiger partial charge < -0.3 is 5.32 Å². The highest BCUT2D eigenvalue weighted by molar-refractivity contribution is 5.87. The van der Waals surface area contributed by atoms with E-state index in [9.17, 15) is 4.79 Å². The van der Waals surface area contributed by atoms with Gasteiger partial charge in [0, 0.05) is 18.9 Å². The summed E-state index contributed by atoms with van der Waals surface area (Å²) in [6, 6.07) is -0.240. The maximum absolute atomic E-state index is 11.3. The molecular formula is C10H16N4O. The molecule has 15 heavy (non-hydrogen) atoms. The SMILES string of the molecule is CC(C)CCNC(=O)Nc1cnccn1. The molecule has 0 bridgehead atoms. The fourth-order valence-corrected chi connectivity index (χ4v) is 0.999. The number of nitrogens with zero attached hydrogens (tertiary/aromatic N) is 2. The third kappa shape index (κ3) is 4.95. The number of anilines is 1. The number of amides is 2. The fraction of sp³-hybridized carbons (Fsp3) is 0.500. The molecule has 5 heteroatoms. The Morgan fingerprint density at radius 2 is 2.27 bits per heavy atom. The molecule has 0 radical (unpaired) electrons. The predicted molar refractivity (Wildman–Crippen MR) is 58.5 cm³/mol. The Bertz CT molecular complexity index is 300. The van der Waals surface area contributed by atoms with Crippen molar-refractivity contribution in [3.8, 4) is 0 Å². The predicted octanol–water partition coefficient (Wildman–Crippen LogP) is 1.64. The zero-order valence-corrected chi connectivity index (χ0v) is 9.03. The topological polar surface area (TPSA) is 66.9 Å². The zero-order valence-electron chi connectivity index (χ0n) is 9.03. The van der Waals surface area contributed by atoms with E-state index in [-0.39, 0.29) is 6.03 Å². The maximum Gasteiger partial charge on any atom is 0.320 e. The largest absolute Gasteiger partial charge is 0.338 e. The first-order valence-corrected chi connectivity index (χ1v) is 4.99. The standard InChI is InChI=1S/C10H16N4O/c1-8(2)3-4-13-10(15)14-9-7-11-5-6-12-9/h5-8H,3-4H2,1-2H3,(H2,12,13,14,15). The molecule has 0 atom stereocenters. The van der Waals surface area contributed by atoms with Crippen LogP contribution in [0.25, 0.3) is 0 Å². The molecule has 5 nitrogen and oxygen atoms in total. The number of carbonyl (C=O) groups excluding carboxylic acids is 1. The van der Waals surface area contributed by atoms with Crippen LogP contribution in [0.2, 0.25) is 0 Å². The molecule has 0 aliphatic rings. The molecule has 0 saturated carbocycles. The van der Waals surface area contributed by atoms with E-state index >= 15 is 0 Å². The quantitative estimate of drug-likeness (QED) is 0.790. The molecule has 0 fully saturated rings. The Kier molecular flexibility index (Phi) is 4.53. The number of rotatable bonds is 4. The normalized spacial score (nSPS) is 10.1. The van der Waals surface area contributed by atoms with E-state index in [1.54, 1.807) is 6.20 Å². The Labute approximate surface area is 89.3 Å². The van der Waals surface area contributed by atoms with Gasteiger partial charge in [-0.25, -0.2) is 9.78 Å². The van der Waals surface area contributed by atoms with Crippen molar-refractivity contribution in [1.29, 1.82) is 0 Å². The third-order valence-corrected chi connectivity index (χ3v) is 1.81. The van der Waals surface area contributed by atoms with Crippen molar-refractivity contribution in [2.45, 2.75) is 20.3 Å². The molecule has 1 aromatic rings. The maximum atomic E-state index is 11.3. The minimum absolute atomic E-state index is 0.240. The van der Waals surface area contributed by atoms with Crippen molar-refractivity contribution >= 4 is 11.8 Å². The summed E-state index contributed by atoms with van der Waals surface area (Å²) in [6.45, 7) is 4.90. The van der Waals surface area contributed by atoms with Crippen molar-refractivity contribution < 1.29 is 4.79 Å². The van der Waals surface area contributed by atoms with Crippen LogP contribution in [0.3, 0.4) is 0 Å². The molecule has 0 aromatic carbocycles. The fourth-order valence-electron chi connectivity index (χ4n) is 0.999. The second-order valence-electron chi connectivity index (χ2n) is 3.65. The van der Waals surface area contributed by atoms with Crippen LogP contribution in [-0.2, 0) is 0 Å². The molecule has 0 spiro atoms. The molecule has 0 unspecified atom stereocenters. The van der Waals surface area contributed by atoms with Gasteiger partial charge in [-0.05, 0) is 12.3 Å². The van der Waals surface area contributed by atoms with Gasteiger partial charge in [0.05, 0.1) is 6.20 Å². The first kappa shape index (κ1) is 11.4. The molecule has 82 valence electrons. The van der Waals surface area contributed by atoms with E-state index in [4.69, 9.17) is 0 Å². The number of aromatic nitrogens is 2. The summed E-state index contributed by atoms with van der Waals surface area (Å²) in [5.74, 6) is 1.04. The third-order valence-electron chi connectivity index (χ3n) is 1.81. The Morgan fingerprint density at radius 1 is 1.47 bits per heavy atom. The van der Waals surface area contributed by atoms with Crippen LogP contribution in [0.1, 0.15) is 20.3 Å². The summed E-state index contributed by atoms with van der Waals surface area (Å²) in [6.07, 6.45) is 5.56. The zero-order chi connectivity index (χ0) is 11.1. The monoisotopic (exact) mass is 208 g/mol. The first-order valence-electron chi connectivity index (χ1n) is 4.99. The van der Waals surface area contributed by atoms with E-state index in [1.807, 2.05) is 0 Å². The molecule has 2 amide bonds. The number of hydrogen-bond acceptors (Lipinski definition) is 3. The van der Waals surface area contributed by atoms with Gasteiger partial charge in [0.25, 0.3) is 0 Å². The van der Waals surface area contributed by atoms with Gasteiger partial charge in [-0.15, -0.1) is 0 Å². The highest BCUT2D eigenvalue weighted by Crippen LogP contribution is 1.98. The lowest BCUT2D eigenvalue weighted by Gasteiger charge is -2.07. The van der Waals surface area contributed by atoms with Crippen molar-refractivity contribution in [3.63, 3.8) is 0 Å². The lowest BCUT2D eigenvalue weighted by atomic mass is 10.1. The van der Waals surface area contributed by atoms with E-state index in [2.05, 4.69) is 34.4 Å². The average molecular weight is 208 g/mol. The molecule has 0 aliphatic carbocycles. The van der Waals surface area contributed by atoms with Crippen LogP contribution in [-0.4, -0.2) is 22.5 Å². The van der Waals surface area contributed by atoms with Gasteiger partial charge in [0.15, 0.2) is 5.82 Å². The van der Waals surface area contributed by atoms with Gasteiger partial charge in [0.2, 0.25) is 0 Å². The summed E-state index contributed by atoms with van der Waals surface area (Å²) in [5, 5.41) is 5.34. The average Bonchev–Trinajstić information content (AvgIpc) is 2.18. The van der Waals surface area contributed by atoms with E-state index in [0.29, 0.717) is 18.3 Å². The van der Waals surface area contributed by atoms with Gasteiger partial charge in [-0.1, -0.05) is 13.8 Å². The summed E-state index contributed by atoms with van der Waals surface area (Å²) >= 11 is 0. The molecule has 2 N–H and O–H groups in total. The van der Waals surface area contributed by atoms with E-state index in [1.165, 1.54) is 12.4 Å². The van der Waals surface area contributed by atoms with Crippen LogP contribution in [0.4, 0.5) is 10.6 Å². The molecule has 1 rings (SSSR count). The number of nitrogens with one attached hydrogen (secondary N) is 2. The lowest BCUT2D eigenvalue weighted by Crippen LogP contribution is -2.30. The summed E-state index contributed by atoms with van der Waals surface area (Å²) in [7, 11) is 0. The highest BCUT2D eigenvalue weighted by atomic mass is 16.2. The van der Waals surface area contributed by atoms with Crippen LogP contribution in [0.15, 0.2) is 18.6 Å². The molecule has 1 heterocycles. The minimum Gasteiger partial charge on any atom is -0.338 e. The lowest BCUT2D eigenvalue weighted by molar-refractivity contribution is 0.251. The number of urea groups is 1. The van der Waals surface area contributed by atoms with Gasteiger partial charge in [-0.2, -0.15) is 0 Å². The summed E-state index contributed by atoms with van der Waals surface area (Å²) in [4.78, 5) is 19.1.